The Hall–Kier alpha value is -0.0900. The van der Waals surface area contributed by atoms with Gasteiger partial charge in [0.1, 0.15) is 0 Å². The molecule has 0 saturated carbocycles. The molecule has 0 bridgehead atoms. The smallest absolute Gasteiger partial charge is 0.151 e. The first-order valence-electron chi connectivity index (χ1n) is 4.79. The molecule has 0 amide bonds. The average Bonchev–Trinajstić information content (AvgIpc) is 1.94. The maximum Gasteiger partial charge on any atom is 0.151 e. The van der Waals surface area contributed by atoms with Gasteiger partial charge in [0, 0.05) is 12.8 Å². The van der Waals surface area contributed by atoms with Crippen LogP contribution in [0.2, 0.25) is 0 Å². The summed E-state index contributed by atoms with van der Waals surface area (Å²) in [6.07, 6.45) is 2.35. The maximum absolute atomic E-state index is 11.3. The summed E-state index contributed by atoms with van der Waals surface area (Å²) in [6, 6.07) is 0. The van der Waals surface area contributed by atoms with Gasteiger partial charge in [-0.2, -0.15) is 0 Å². The van der Waals surface area contributed by atoms with Gasteiger partial charge < -0.3 is 5.32 Å². The van der Waals surface area contributed by atoms with Gasteiger partial charge in [-0.3, -0.25) is 0 Å². The van der Waals surface area contributed by atoms with Crippen LogP contribution in [-0.4, -0.2) is 33.0 Å². The highest BCUT2D eigenvalue weighted by atomic mass is 32.2. The van der Waals surface area contributed by atoms with Crippen molar-refractivity contribution in [1.29, 1.82) is 0 Å². The Morgan fingerprint density at radius 2 is 1.85 bits per heavy atom. The lowest BCUT2D eigenvalue weighted by atomic mass is 10.1. The second-order valence-corrected chi connectivity index (χ2v) is 6.08. The standard InChI is InChI=1S/C9H21NO2S/c1-5-6-10-7-9(8(2)3)13(4,11)12/h8-10H,5-7H2,1-4H3. The van der Waals surface area contributed by atoms with Gasteiger partial charge in [0.25, 0.3) is 0 Å². The van der Waals surface area contributed by atoms with E-state index >= 15 is 0 Å². The van der Waals surface area contributed by atoms with Gasteiger partial charge in [-0.15, -0.1) is 0 Å². The Balaban J connectivity index is 4.13. The van der Waals surface area contributed by atoms with Crippen LogP contribution in [-0.2, 0) is 9.84 Å². The zero-order valence-corrected chi connectivity index (χ0v) is 9.82. The number of nitrogens with one attached hydrogen (secondary N) is 1. The van der Waals surface area contributed by atoms with E-state index in [-0.39, 0.29) is 11.2 Å². The lowest BCUT2D eigenvalue weighted by Gasteiger charge is -2.19. The molecular weight excluding hydrogens is 186 g/mol. The Morgan fingerprint density at radius 3 is 2.15 bits per heavy atom. The molecule has 1 N–H and O–H groups in total. The van der Waals surface area contributed by atoms with Gasteiger partial charge in [0.15, 0.2) is 9.84 Å². The van der Waals surface area contributed by atoms with Crippen molar-refractivity contribution in [3.63, 3.8) is 0 Å². The van der Waals surface area contributed by atoms with Gasteiger partial charge in [0.2, 0.25) is 0 Å². The van der Waals surface area contributed by atoms with Gasteiger partial charge in [0.05, 0.1) is 5.25 Å². The van der Waals surface area contributed by atoms with E-state index in [1.807, 2.05) is 13.8 Å². The van der Waals surface area contributed by atoms with E-state index in [4.69, 9.17) is 0 Å². The highest BCUT2D eigenvalue weighted by Crippen LogP contribution is 2.09. The molecule has 4 heteroatoms. The van der Waals surface area contributed by atoms with E-state index in [0.29, 0.717) is 6.54 Å². The molecule has 0 saturated heterocycles. The summed E-state index contributed by atoms with van der Waals surface area (Å²) in [7, 11) is -2.91. The molecule has 0 aromatic heterocycles. The average molecular weight is 207 g/mol. The summed E-state index contributed by atoms with van der Waals surface area (Å²) in [4.78, 5) is 0. The molecule has 0 aliphatic carbocycles. The summed E-state index contributed by atoms with van der Waals surface area (Å²) >= 11 is 0. The predicted octanol–water partition coefficient (Wildman–Crippen LogP) is 1.06. The highest BCUT2D eigenvalue weighted by molar-refractivity contribution is 7.91. The molecule has 0 spiro atoms. The zero-order valence-electron chi connectivity index (χ0n) is 9.00. The van der Waals surface area contributed by atoms with E-state index in [1.54, 1.807) is 0 Å². The summed E-state index contributed by atoms with van der Waals surface area (Å²) < 4.78 is 22.7. The molecule has 0 rings (SSSR count). The number of rotatable bonds is 6. The van der Waals surface area contributed by atoms with Crippen molar-refractivity contribution in [1.82, 2.24) is 5.32 Å². The van der Waals surface area contributed by atoms with Gasteiger partial charge >= 0.3 is 0 Å². The van der Waals surface area contributed by atoms with Crippen molar-refractivity contribution in [2.45, 2.75) is 32.4 Å². The SMILES string of the molecule is CCCNCC(C(C)C)S(C)(=O)=O. The number of hydrogen-bond acceptors (Lipinski definition) is 3. The molecule has 80 valence electrons. The lowest BCUT2D eigenvalue weighted by Crippen LogP contribution is -2.37. The minimum absolute atomic E-state index is 0.180. The molecule has 1 atom stereocenters. The van der Waals surface area contributed by atoms with E-state index in [0.717, 1.165) is 13.0 Å². The van der Waals surface area contributed by atoms with Crippen molar-refractivity contribution < 1.29 is 8.42 Å². The molecule has 0 aliphatic heterocycles. The third-order valence-corrected chi connectivity index (χ3v) is 3.88. The fourth-order valence-corrected chi connectivity index (χ4v) is 2.71. The topological polar surface area (TPSA) is 46.2 Å². The largest absolute Gasteiger partial charge is 0.315 e. The van der Waals surface area contributed by atoms with E-state index in [9.17, 15) is 8.42 Å². The molecule has 0 aromatic carbocycles. The second-order valence-electron chi connectivity index (χ2n) is 3.82. The fraction of sp³-hybridized carbons (Fsp3) is 1.00. The predicted molar refractivity (Wildman–Crippen MR) is 56.6 cm³/mol. The third kappa shape index (κ3) is 5.26. The Bertz CT molecular complexity index is 222. The van der Waals surface area contributed by atoms with Crippen LogP contribution < -0.4 is 5.32 Å². The lowest BCUT2D eigenvalue weighted by molar-refractivity contribution is 0.507. The van der Waals surface area contributed by atoms with Crippen LogP contribution >= 0.6 is 0 Å². The highest BCUT2D eigenvalue weighted by Gasteiger charge is 2.23. The van der Waals surface area contributed by atoms with E-state index in [1.165, 1.54) is 6.26 Å². The minimum atomic E-state index is -2.91. The molecular formula is C9H21NO2S. The number of hydrogen-bond donors (Lipinski definition) is 1. The summed E-state index contributed by atoms with van der Waals surface area (Å²) in [5.41, 5.74) is 0. The summed E-state index contributed by atoms with van der Waals surface area (Å²) in [6.45, 7) is 7.42. The van der Waals surface area contributed by atoms with Gasteiger partial charge in [-0.05, 0) is 18.9 Å². The third-order valence-electron chi connectivity index (χ3n) is 2.07. The Labute approximate surface area is 81.8 Å². The van der Waals surface area contributed by atoms with Crippen LogP contribution in [0.15, 0.2) is 0 Å². The summed E-state index contributed by atoms with van der Waals surface area (Å²) in [5, 5.41) is 2.89. The summed E-state index contributed by atoms with van der Waals surface area (Å²) in [5.74, 6) is 0.180. The molecule has 1 unspecified atom stereocenters. The van der Waals surface area contributed by atoms with Gasteiger partial charge in [-0.1, -0.05) is 20.8 Å². The molecule has 0 radical (unpaired) electrons. The molecule has 0 aromatic rings. The molecule has 0 heterocycles. The van der Waals surface area contributed by atoms with E-state index in [2.05, 4.69) is 12.2 Å². The first-order valence-corrected chi connectivity index (χ1v) is 6.74. The number of sulfone groups is 1. The molecule has 3 nitrogen and oxygen atoms in total. The van der Waals surface area contributed by atoms with Gasteiger partial charge in [-0.25, -0.2) is 8.42 Å². The molecule has 0 fully saturated rings. The van der Waals surface area contributed by atoms with E-state index < -0.39 is 9.84 Å². The first-order chi connectivity index (χ1) is 5.89. The Morgan fingerprint density at radius 1 is 1.31 bits per heavy atom. The van der Waals surface area contributed by atoms with Crippen molar-refractivity contribution in [3.05, 3.63) is 0 Å². The molecule has 0 aliphatic rings. The van der Waals surface area contributed by atoms with Crippen LogP contribution in [0.5, 0.6) is 0 Å². The normalized spacial score (nSPS) is 14.8. The maximum atomic E-state index is 11.3. The van der Waals surface area contributed by atoms with Crippen molar-refractivity contribution >= 4 is 9.84 Å². The first kappa shape index (κ1) is 12.9. The second kappa shape index (κ2) is 5.60. The van der Waals surface area contributed by atoms with Crippen LogP contribution in [0, 0.1) is 5.92 Å². The minimum Gasteiger partial charge on any atom is -0.315 e. The Kier molecular flexibility index (Phi) is 5.56. The zero-order chi connectivity index (χ0) is 10.5. The van der Waals surface area contributed by atoms with Crippen LogP contribution in [0.3, 0.4) is 0 Å². The monoisotopic (exact) mass is 207 g/mol. The van der Waals surface area contributed by atoms with Crippen LogP contribution in [0.4, 0.5) is 0 Å². The van der Waals surface area contributed by atoms with Crippen LogP contribution in [0.25, 0.3) is 0 Å². The van der Waals surface area contributed by atoms with Crippen molar-refractivity contribution in [2.75, 3.05) is 19.3 Å². The molecule has 13 heavy (non-hydrogen) atoms. The quantitative estimate of drug-likeness (QED) is 0.662. The fourth-order valence-electron chi connectivity index (χ4n) is 1.30. The van der Waals surface area contributed by atoms with Crippen molar-refractivity contribution in [3.8, 4) is 0 Å². The van der Waals surface area contributed by atoms with Crippen molar-refractivity contribution in [2.24, 2.45) is 5.92 Å². The van der Waals surface area contributed by atoms with Crippen LogP contribution in [0.1, 0.15) is 27.2 Å².